The molecule has 1 N–H and O–H groups in total. The fourth-order valence-electron chi connectivity index (χ4n) is 3.71. The van der Waals surface area contributed by atoms with Crippen LogP contribution in [0.25, 0.3) is 0 Å². The van der Waals surface area contributed by atoms with E-state index >= 15 is 0 Å². The third-order valence-corrected chi connectivity index (χ3v) is 4.79. The average molecular weight is 376 g/mol. The van der Waals surface area contributed by atoms with E-state index in [1.807, 2.05) is 18.2 Å². The topological polar surface area (TPSA) is 60.0 Å². The third kappa shape index (κ3) is 5.59. The number of hydrogen-bond acceptors (Lipinski definition) is 5. The molecule has 3 rings (SSSR count). The molecule has 2 aliphatic rings. The standard InChI is InChI=1S/C21H32N2O4/c1-15(2)12-23-8-9-25-17(13-23)11-22-19(24)14-26-18-7-5-6-16-10-21(3,4)27-20(16)18/h5-7,15,17H,8-14H2,1-4H3,(H,22,24). The smallest absolute Gasteiger partial charge is 0.258 e. The molecule has 0 saturated carbocycles. The fraction of sp³-hybridized carbons (Fsp3) is 0.667. The van der Waals surface area contributed by atoms with Crippen LogP contribution in [0, 0.1) is 5.92 Å². The first-order valence-corrected chi connectivity index (χ1v) is 9.87. The quantitative estimate of drug-likeness (QED) is 0.791. The van der Waals surface area contributed by atoms with Crippen molar-refractivity contribution in [2.45, 2.75) is 45.8 Å². The lowest BCUT2D eigenvalue weighted by molar-refractivity contribution is -0.124. The third-order valence-electron chi connectivity index (χ3n) is 4.79. The Kier molecular flexibility index (Phi) is 6.27. The molecule has 1 atom stereocenters. The van der Waals surface area contributed by atoms with Gasteiger partial charge in [0.15, 0.2) is 18.1 Å². The van der Waals surface area contributed by atoms with E-state index in [2.05, 4.69) is 37.9 Å². The molecular formula is C21H32N2O4. The second-order valence-electron chi connectivity index (χ2n) is 8.52. The Hall–Kier alpha value is -1.79. The van der Waals surface area contributed by atoms with Gasteiger partial charge in [-0.2, -0.15) is 0 Å². The molecule has 0 spiro atoms. The van der Waals surface area contributed by atoms with Crippen molar-refractivity contribution in [3.63, 3.8) is 0 Å². The van der Waals surface area contributed by atoms with E-state index in [0.29, 0.717) is 24.8 Å². The van der Waals surface area contributed by atoms with Gasteiger partial charge in [-0.15, -0.1) is 0 Å². The summed E-state index contributed by atoms with van der Waals surface area (Å²) in [4.78, 5) is 14.6. The Morgan fingerprint density at radius 2 is 2.22 bits per heavy atom. The number of ether oxygens (including phenoxy) is 3. The van der Waals surface area contributed by atoms with E-state index in [1.54, 1.807) is 0 Å². The summed E-state index contributed by atoms with van der Waals surface area (Å²) in [5, 5.41) is 2.92. The maximum atomic E-state index is 12.2. The maximum Gasteiger partial charge on any atom is 0.258 e. The van der Waals surface area contributed by atoms with Crippen LogP contribution in [0.4, 0.5) is 0 Å². The molecule has 0 aromatic heterocycles. The molecule has 27 heavy (non-hydrogen) atoms. The Morgan fingerprint density at radius 1 is 1.41 bits per heavy atom. The molecule has 1 amide bonds. The van der Waals surface area contributed by atoms with Crippen LogP contribution in [0.3, 0.4) is 0 Å². The van der Waals surface area contributed by atoms with Crippen molar-refractivity contribution in [2.75, 3.05) is 39.4 Å². The summed E-state index contributed by atoms with van der Waals surface area (Å²) in [6, 6.07) is 5.83. The molecule has 1 saturated heterocycles. The highest BCUT2D eigenvalue weighted by atomic mass is 16.5. The first-order chi connectivity index (χ1) is 12.8. The van der Waals surface area contributed by atoms with Crippen molar-refractivity contribution in [2.24, 2.45) is 5.92 Å². The van der Waals surface area contributed by atoms with E-state index in [-0.39, 0.29) is 24.2 Å². The van der Waals surface area contributed by atoms with Crippen molar-refractivity contribution in [1.82, 2.24) is 10.2 Å². The van der Waals surface area contributed by atoms with Gasteiger partial charge in [-0.1, -0.05) is 26.0 Å². The molecule has 1 unspecified atom stereocenters. The Labute approximate surface area is 162 Å². The van der Waals surface area contributed by atoms with Crippen molar-refractivity contribution in [1.29, 1.82) is 0 Å². The minimum absolute atomic E-state index is 0.0251. The number of morpholine rings is 1. The van der Waals surface area contributed by atoms with E-state index in [1.165, 1.54) is 0 Å². The fourth-order valence-corrected chi connectivity index (χ4v) is 3.71. The predicted octanol–water partition coefficient (Wildman–Crippen LogP) is 2.25. The van der Waals surface area contributed by atoms with Crippen LogP contribution in [-0.4, -0.2) is 61.9 Å². The number of benzene rings is 1. The number of carbonyl (C=O) groups excluding carboxylic acids is 1. The van der Waals surface area contributed by atoms with Gasteiger partial charge in [-0.05, 0) is 25.8 Å². The molecule has 1 aromatic carbocycles. The molecule has 6 heteroatoms. The molecule has 2 heterocycles. The minimum atomic E-state index is -0.232. The molecule has 1 fully saturated rings. The number of rotatable bonds is 7. The largest absolute Gasteiger partial charge is 0.483 e. The second-order valence-corrected chi connectivity index (χ2v) is 8.52. The number of nitrogens with one attached hydrogen (secondary N) is 1. The van der Waals surface area contributed by atoms with Gasteiger partial charge in [0.05, 0.1) is 12.7 Å². The van der Waals surface area contributed by atoms with Gasteiger partial charge in [0, 0.05) is 38.2 Å². The Morgan fingerprint density at radius 3 is 3.00 bits per heavy atom. The number of hydrogen-bond donors (Lipinski definition) is 1. The molecule has 6 nitrogen and oxygen atoms in total. The van der Waals surface area contributed by atoms with Gasteiger partial charge in [0.1, 0.15) is 5.60 Å². The Balaban J connectivity index is 1.44. The van der Waals surface area contributed by atoms with E-state index in [0.717, 1.165) is 37.4 Å². The van der Waals surface area contributed by atoms with Crippen LogP contribution in [0.1, 0.15) is 33.3 Å². The molecule has 150 valence electrons. The van der Waals surface area contributed by atoms with Crippen molar-refractivity contribution in [3.05, 3.63) is 23.8 Å². The zero-order chi connectivity index (χ0) is 19.4. The molecule has 0 aliphatic carbocycles. The van der Waals surface area contributed by atoms with E-state index in [9.17, 15) is 4.79 Å². The maximum absolute atomic E-state index is 12.2. The molecule has 0 radical (unpaired) electrons. The molecular weight excluding hydrogens is 344 g/mol. The lowest BCUT2D eigenvalue weighted by atomic mass is 10.0. The van der Waals surface area contributed by atoms with Gasteiger partial charge < -0.3 is 19.5 Å². The summed E-state index contributed by atoms with van der Waals surface area (Å²) in [7, 11) is 0. The zero-order valence-electron chi connectivity index (χ0n) is 16.9. The number of amides is 1. The Bertz CT molecular complexity index is 660. The SMILES string of the molecule is CC(C)CN1CCOC(CNC(=O)COc2cccc3c2OC(C)(C)C3)C1. The highest BCUT2D eigenvalue weighted by molar-refractivity contribution is 5.77. The van der Waals surface area contributed by atoms with Crippen LogP contribution >= 0.6 is 0 Å². The van der Waals surface area contributed by atoms with Crippen LogP contribution in [0.15, 0.2) is 18.2 Å². The van der Waals surface area contributed by atoms with Crippen LogP contribution < -0.4 is 14.8 Å². The summed E-state index contributed by atoms with van der Waals surface area (Å²) < 4.78 is 17.5. The summed E-state index contributed by atoms with van der Waals surface area (Å²) >= 11 is 0. The van der Waals surface area contributed by atoms with Gasteiger partial charge >= 0.3 is 0 Å². The lowest BCUT2D eigenvalue weighted by Gasteiger charge is -2.33. The highest BCUT2D eigenvalue weighted by Gasteiger charge is 2.32. The van der Waals surface area contributed by atoms with Gasteiger partial charge in [0.2, 0.25) is 0 Å². The van der Waals surface area contributed by atoms with Crippen LogP contribution in [0.2, 0.25) is 0 Å². The number of carbonyl (C=O) groups is 1. The summed E-state index contributed by atoms with van der Waals surface area (Å²) in [5.41, 5.74) is 0.892. The molecule has 1 aromatic rings. The van der Waals surface area contributed by atoms with E-state index < -0.39 is 0 Å². The van der Waals surface area contributed by atoms with Gasteiger partial charge in [-0.25, -0.2) is 0 Å². The number of fused-ring (bicyclic) bond motifs is 1. The van der Waals surface area contributed by atoms with E-state index in [4.69, 9.17) is 14.2 Å². The van der Waals surface area contributed by atoms with Gasteiger partial charge in [-0.3, -0.25) is 9.69 Å². The summed E-state index contributed by atoms with van der Waals surface area (Å²) in [6.45, 7) is 12.6. The average Bonchev–Trinajstić information content (AvgIpc) is 2.92. The second kappa shape index (κ2) is 8.48. The van der Waals surface area contributed by atoms with Gasteiger partial charge in [0.25, 0.3) is 5.91 Å². The first kappa shape index (κ1) is 20.0. The summed E-state index contributed by atoms with van der Waals surface area (Å²) in [5.74, 6) is 1.88. The van der Waals surface area contributed by atoms with Crippen LogP contribution in [-0.2, 0) is 16.0 Å². The predicted molar refractivity (Wildman–Crippen MR) is 104 cm³/mol. The monoisotopic (exact) mass is 376 g/mol. The zero-order valence-corrected chi connectivity index (χ0v) is 16.9. The minimum Gasteiger partial charge on any atom is -0.483 e. The normalized spacial score (nSPS) is 21.6. The lowest BCUT2D eigenvalue weighted by Crippen LogP contribution is -2.48. The molecule has 0 bridgehead atoms. The summed E-state index contributed by atoms with van der Waals surface area (Å²) in [6.07, 6.45) is 0.879. The van der Waals surface area contributed by atoms with Crippen LogP contribution in [0.5, 0.6) is 11.5 Å². The van der Waals surface area contributed by atoms with Crippen molar-refractivity contribution < 1.29 is 19.0 Å². The number of nitrogens with zero attached hydrogens (tertiary/aromatic N) is 1. The first-order valence-electron chi connectivity index (χ1n) is 9.87. The highest BCUT2D eigenvalue weighted by Crippen LogP contribution is 2.41. The number of para-hydroxylation sites is 1. The van der Waals surface area contributed by atoms with Crippen molar-refractivity contribution >= 4 is 5.91 Å². The van der Waals surface area contributed by atoms with Crippen molar-refractivity contribution in [3.8, 4) is 11.5 Å². The molecule has 2 aliphatic heterocycles.